The normalized spacial score (nSPS) is 10.3. The van der Waals surface area contributed by atoms with Gasteiger partial charge in [0.1, 0.15) is 11.6 Å². The summed E-state index contributed by atoms with van der Waals surface area (Å²) in [6.45, 7) is 2.49. The van der Waals surface area contributed by atoms with Crippen LogP contribution in [0.25, 0.3) is 0 Å². The Morgan fingerprint density at radius 2 is 2.24 bits per heavy atom. The summed E-state index contributed by atoms with van der Waals surface area (Å²) in [7, 11) is 3.50. The molecule has 0 saturated heterocycles. The van der Waals surface area contributed by atoms with Crippen molar-refractivity contribution in [2.75, 3.05) is 12.4 Å². The third kappa shape index (κ3) is 2.72. The van der Waals surface area contributed by atoms with Gasteiger partial charge in [-0.1, -0.05) is 0 Å². The van der Waals surface area contributed by atoms with Crippen LogP contribution in [0.15, 0.2) is 18.3 Å². The van der Waals surface area contributed by atoms with E-state index in [1.807, 2.05) is 24.7 Å². The molecule has 0 fully saturated rings. The predicted octanol–water partition coefficient (Wildman–Crippen LogP) is 1.14. The number of nitrogens with zero attached hydrogens (tertiary/aromatic N) is 4. The van der Waals surface area contributed by atoms with Crippen LogP contribution in [0, 0.1) is 6.92 Å². The van der Waals surface area contributed by atoms with E-state index in [4.69, 9.17) is 4.74 Å². The second kappa shape index (κ2) is 4.82. The molecule has 0 atom stereocenters. The summed E-state index contributed by atoms with van der Waals surface area (Å²) in [5, 5.41) is 7.31. The molecule has 0 spiro atoms. The van der Waals surface area contributed by atoms with E-state index in [1.165, 1.54) is 0 Å². The molecule has 2 aromatic rings. The Kier molecular flexibility index (Phi) is 3.22. The number of anilines is 1. The summed E-state index contributed by atoms with van der Waals surface area (Å²) in [5.41, 5.74) is 1.08. The Morgan fingerprint density at radius 1 is 1.41 bits per heavy atom. The van der Waals surface area contributed by atoms with Crippen molar-refractivity contribution in [1.82, 2.24) is 19.7 Å². The lowest BCUT2D eigenvalue weighted by Crippen LogP contribution is -2.07. The highest BCUT2D eigenvalue weighted by atomic mass is 16.5. The number of methoxy groups -OCH3 is 1. The van der Waals surface area contributed by atoms with Crippen molar-refractivity contribution in [3.63, 3.8) is 0 Å². The van der Waals surface area contributed by atoms with Crippen molar-refractivity contribution in [2.24, 2.45) is 7.05 Å². The summed E-state index contributed by atoms with van der Waals surface area (Å²) >= 11 is 0. The molecular weight excluding hydrogens is 218 g/mol. The first kappa shape index (κ1) is 11.4. The van der Waals surface area contributed by atoms with Gasteiger partial charge in [0.25, 0.3) is 0 Å². The summed E-state index contributed by atoms with van der Waals surface area (Å²) in [5.74, 6) is 1.98. The molecule has 0 amide bonds. The molecule has 1 N–H and O–H groups in total. The Balaban J connectivity index is 2.09. The third-order valence-electron chi connectivity index (χ3n) is 2.40. The zero-order valence-corrected chi connectivity index (χ0v) is 10.1. The van der Waals surface area contributed by atoms with Crippen LogP contribution < -0.4 is 10.1 Å². The number of hydrogen-bond acceptors (Lipinski definition) is 5. The highest BCUT2D eigenvalue weighted by molar-refractivity contribution is 5.38. The smallest absolute Gasteiger partial charge is 0.218 e. The Bertz CT molecular complexity index is 508. The van der Waals surface area contributed by atoms with Gasteiger partial charge in [-0.05, 0) is 13.0 Å². The molecule has 0 saturated carbocycles. The summed E-state index contributed by atoms with van der Waals surface area (Å²) in [4.78, 5) is 8.40. The van der Waals surface area contributed by atoms with Crippen LogP contribution in [0.4, 0.5) is 5.82 Å². The molecular formula is C11H15N5O. The first-order chi connectivity index (χ1) is 8.19. The van der Waals surface area contributed by atoms with Gasteiger partial charge in [-0.2, -0.15) is 10.1 Å². The van der Waals surface area contributed by atoms with Gasteiger partial charge in [-0.3, -0.25) is 4.68 Å². The molecule has 17 heavy (non-hydrogen) atoms. The maximum Gasteiger partial charge on any atom is 0.218 e. The fourth-order valence-corrected chi connectivity index (χ4v) is 1.49. The number of rotatable bonds is 4. The SMILES string of the molecule is COc1cc(NCc2ccnn2C)nc(C)n1. The maximum atomic E-state index is 5.09. The Morgan fingerprint density at radius 3 is 2.88 bits per heavy atom. The van der Waals surface area contributed by atoms with Gasteiger partial charge in [0.05, 0.1) is 19.3 Å². The van der Waals surface area contributed by atoms with Crippen LogP contribution in [0.2, 0.25) is 0 Å². The van der Waals surface area contributed by atoms with E-state index < -0.39 is 0 Å². The van der Waals surface area contributed by atoms with E-state index in [2.05, 4.69) is 20.4 Å². The van der Waals surface area contributed by atoms with Crippen molar-refractivity contribution >= 4 is 5.82 Å². The number of aromatic nitrogens is 4. The topological polar surface area (TPSA) is 64.9 Å². The lowest BCUT2D eigenvalue weighted by Gasteiger charge is -2.08. The minimum atomic E-state index is 0.560. The van der Waals surface area contributed by atoms with Gasteiger partial charge in [-0.15, -0.1) is 0 Å². The van der Waals surface area contributed by atoms with E-state index in [1.54, 1.807) is 19.4 Å². The van der Waals surface area contributed by atoms with E-state index in [0.717, 1.165) is 11.5 Å². The zero-order chi connectivity index (χ0) is 12.3. The highest BCUT2D eigenvalue weighted by Crippen LogP contribution is 2.13. The minimum absolute atomic E-state index is 0.560. The zero-order valence-electron chi connectivity index (χ0n) is 10.1. The van der Waals surface area contributed by atoms with Crippen molar-refractivity contribution < 1.29 is 4.74 Å². The van der Waals surface area contributed by atoms with Crippen molar-refractivity contribution in [3.05, 3.63) is 29.8 Å². The van der Waals surface area contributed by atoms with Crippen molar-refractivity contribution in [1.29, 1.82) is 0 Å². The quantitative estimate of drug-likeness (QED) is 0.857. The average molecular weight is 233 g/mol. The molecule has 0 radical (unpaired) electrons. The number of hydrogen-bond donors (Lipinski definition) is 1. The molecule has 0 bridgehead atoms. The molecule has 90 valence electrons. The molecule has 0 unspecified atom stereocenters. The number of nitrogens with one attached hydrogen (secondary N) is 1. The van der Waals surface area contributed by atoms with Crippen molar-refractivity contribution in [3.8, 4) is 5.88 Å². The van der Waals surface area contributed by atoms with Gasteiger partial charge >= 0.3 is 0 Å². The largest absolute Gasteiger partial charge is 0.481 e. The first-order valence-corrected chi connectivity index (χ1v) is 5.29. The third-order valence-corrected chi connectivity index (χ3v) is 2.40. The molecule has 0 aliphatic rings. The minimum Gasteiger partial charge on any atom is -0.481 e. The lowest BCUT2D eigenvalue weighted by atomic mass is 10.4. The standard InChI is InChI=1S/C11H15N5O/c1-8-14-10(6-11(15-8)17-3)12-7-9-4-5-13-16(9)2/h4-6H,7H2,1-3H3,(H,12,14,15). The molecule has 0 aromatic carbocycles. The maximum absolute atomic E-state index is 5.09. The van der Waals surface area contributed by atoms with Crippen molar-refractivity contribution in [2.45, 2.75) is 13.5 Å². The van der Waals surface area contributed by atoms with Gasteiger partial charge < -0.3 is 10.1 Å². The van der Waals surface area contributed by atoms with Gasteiger partial charge in [-0.25, -0.2) is 4.98 Å². The number of ether oxygens (including phenoxy) is 1. The fraction of sp³-hybridized carbons (Fsp3) is 0.364. The highest BCUT2D eigenvalue weighted by Gasteiger charge is 2.03. The number of aryl methyl sites for hydroxylation is 2. The van der Waals surface area contributed by atoms with Crippen LogP contribution >= 0.6 is 0 Å². The molecule has 0 aliphatic heterocycles. The van der Waals surface area contributed by atoms with Gasteiger partial charge in [0.15, 0.2) is 0 Å². The predicted molar refractivity (Wildman–Crippen MR) is 63.9 cm³/mol. The molecule has 2 aromatic heterocycles. The van der Waals surface area contributed by atoms with Gasteiger partial charge in [0, 0.05) is 19.3 Å². The molecule has 0 aliphatic carbocycles. The Hall–Kier alpha value is -2.11. The second-order valence-corrected chi connectivity index (χ2v) is 3.64. The van der Waals surface area contributed by atoms with E-state index >= 15 is 0 Å². The van der Waals surface area contributed by atoms with E-state index in [-0.39, 0.29) is 0 Å². The molecule has 2 rings (SSSR count). The Labute approximate surface area is 99.7 Å². The van der Waals surface area contributed by atoms with Crippen LogP contribution in [-0.4, -0.2) is 26.9 Å². The van der Waals surface area contributed by atoms with Crippen LogP contribution in [-0.2, 0) is 13.6 Å². The molecule has 6 nitrogen and oxygen atoms in total. The summed E-state index contributed by atoms with van der Waals surface area (Å²) in [6, 6.07) is 3.72. The molecule has 6 heteroatoms. The first-order valence-electron chi connectivity index (χ1n) is 5.29. The van der Waals surface area contributed by atoms with Gasteiger partial charge in [0.2, 0.25) is 5.88 Å². The monoisotopic (exact) mass is 233 g/mol. The average Bonchev–Trinajstić information content (AvgIpc) is 2.71. The van der Waals surface area contributed by atoms with E-state index in [9.17, 15) is 0 Å². The van der Waals surface area contributed by atoms with E-state index in [0.29, 0.717) is 18.2 Å². The van der Waals surface area contributed by atoms with Crippen LogP contribution in [0.3, 0.4) is 0 Å². The summed E-state index contributed by atoms with van der Waals surface area (Å²) < 4.78 is 6.91. The van der Waals surface area contributed by atoms with Crippen LogP contribution in [0.1, 0.15) is 11.5 Å². The molecule has 2 heterocycles. The van der Waals surface area contributed by atoms with Crippen LogP contribution in [0.5, 0.6) is 5.88 Å². The fourth-order valence-electron chi connectivity index (χ4n) is 1.49. The lowest BCUT2D eigenvalue weighted by molar-refractivity contribution is 0.396. The second-order valence-electron chi connectivity index (χ2n) is 3.64. The summed E-state index contributed by atoms with van der Waals surface area (Å²) in [6.07, 6.45) is 1.77.